The largest absolute Gasteiger partial charge is 0.329 e. The minimum atomic E-state index is 0.479. The van der Waals surface area contributed by atoms with E-state index >= 15 is 0 Å². The molecule has 0 aliphatic carbocycles. The van der Waals surface area contributed by atoms with Crippen LogP contribution >= 0.6 is 0 Å². The molecule has 0 bridgehead atoms. The molecular formula is C40H46N10O. The third-order valence-electron chi connectivity index (χ3n) is 7.34. The van der Waals surface area contributed by atoms with Crippen LogP contribution in [0.3, 0.4) is 0 Å². The molecule has 6 rings (SSSR count). The fourth-order valence-corrected chi connectivity index (χ4v) is 4.90. The number of aromatic nitrogens is 6. The number of nitrogens with zero attached hydrogens (tertiary/aromatic N) is 8. The van der Waals surface area contributed by atoms with Gasteiger partial charge < -0.3 is 11.1 Å². The molecule has 0 aliphatic heterocycles. The molecule has 0 atom stereocenters. The maximum atomic E-state index is 9.94. The van der Waals surface area contributed by atoms with Gasteiger partial charge in [0.2, 0.25) is 0 Å². The standard InChI is InChI=1S/C20H23N5.C14H18N4.C6H5NO/c1-4-10-22-18(7-1)15-21-13-14-25(16-19-8-2-5-11-23-19)17-20-9-3-6-12-24-20;15-7-10-18(11-13-5-1-3-8-16-13)12-14-6-2-4-9-17-14;8-5-6-3-1-2-4-7-6/h1-12,21H,13-17H2;1-6,8-9H,7,10-12,15H2;1-5H. The number of pyridine rings is 6. The van der Waals surface area contributed by atoms with Crippen LogP contribution in [0.1, 0.15) is 39.0 Å². The molecule has 0 aromatic carbocycles. The number of carbonyl (C=O) groups excluding carboxylic acids is 1. The second kappa shape index (κ2) is 23.7. The van der Waals surface area contributed by atoms with Gasteiger partial charge in [-0.05, 0) is 72.8 Å². The summed E-state index contributed by atoms with van der Waals surface area (Å²) in [5, 5.41) is 3.46. The zero-order chi connectivity index (χ0) is 35.6. The third kappa shape index (κ3) is 16.1. The summed E-state index contributed by atoms with van der Waals surface area (Å²) in [6, 6.07) is 35.2. The summed E-state index contributed by atoms with van der Waals surface area (Å²) < 4.78 is 0. The topological polar surface area (TPSA) is 139 Å². The van der Waals surface area contributed by atoms with Crippen molar-refractivity contribution in [2.24, 2.45) is 5.73 Å². The summed E-state index contributed by atoms with van der Waals surface area (Å²) in [4.78, 5) is 40.2. The summed E-state index contributed by atoms with van der Waals surface area (Å²) in [7, 11) is 0. The van der Waals surface area contributed by atoms with E-state index in [1.54, 1.807) is 24.4 Å². The molecule has 262 valence electrons. The highest BCUT2D eigenvalue weighted by atomic mass is 16.1. The molecule has 11 nitrogen and oxygen atoms in total. The minimum Gasteiger partial charge on any atom is -0.329 e. The lowest BCUT2D eigenvalue weighted by molar-refractivity contribution is 0.111. The Hall–Kier alpha value is -5.59. The number of carbonyl (C=O) groups is 1. The van der Waals surface area contributed by atoms with E-state index in [4.69, 9.17) is 5.73 Å². The average Bonchev–Trinajstić information content (AvgIpc) is 3.19. The Morgan fingerprint density at radius 1 is 0.490 bits per heavy atom. The highest BCUT2D eigenvalue weighted by Crippen LogP contribution is 2.07. The lowest BCUT2D eigenvalue weighted by atomic mass is 10.3. The van der Waals surface area contributed by atoms with Crippen molar-refractivity contribution in [3.05, 3.63) is 181 Å². The van der Waals surface area contributed by atoms with Gasteiger partial charge >= 0.3 is 0 Å². The lowest BCUT2D eigenvalue weighted by Crippen LogP contribution is -2.32. The van der Waals surface area contributed by atoms with Crippen LogP contribution in [-0.2, 0) is 32.7 Å². The first kappa shape index (κ1) is 38.2. The van der Waals surface area contributed by atoms with Crippen LogP contribution in [0.5, 0.6) is 0 Å². The van der Waals surface area contributed by atoms with Crippen molar-refractivity contribution in [2.45, 2.75) is 32.7 Å². The minimum absolute atomic E-state index is 0.479. The molecule has 0 saturated carbocycles. The molecule has 51 heavy (non-hydrogen) atoms. The van der Waals surface area contributed by atoms with Gasteiger partial charge in [0.1, 0.15) is 5.69 Å². The van der Waals surface area contributed by atoms with Crippen LogP contribution in [0.15, 0.2) is 146 Å². The van der Waals surface area contributed by atoms with Gasteiger partial charge in [-0.1, -0.05) is 36.4 Å². The van der Waals surface area contributed by atoms with Crippen molar-refractivity contribution >= 4 is 6.29 Å². The van der Waals surface area contributed by atoms with Crippen molar-refractivity contribution in [3.8, 4) is 0 Å². The number of aldehydes is 1. The maximum absolute atomic E-state index is 9.94. The van der Waals surface area contributed by atoms with Gasteiger partial charge in [-0.15, -0.1) is 0 Å². The summed E-state index contributed by atoms with van der Waals surface area (Å²) in [6.07, 6.45) is 11.4. The van der Waals surface area contributed by atoms with Crippen LogP contribution < -0.4 is 11.1 Å². The molecule has 0 spiro atoms. The van der Waals surface area contributed by atoms with Crippen LogP contribution in [0.2, 0.25) is 0 Å². The Balaban J connectivity index is 0.000000194. The summed E-state index contributed by atoms with van der Waals surface area (Å²) >= 11 is 0. The van der Waals surface area contributed by atoms with E-state index in [9.17, 15) is 4.79 Å². The van der Waals surface area contributed by atoms with Gasteiger partial charge in [-0.25, -0.2) is 0 Å². The van der Waals surface area contributed by atoms with Crippen molar-refractivity contribution in [1.82, 2.24) is 45.0 Å². The van der Waals surface area contributed by atoms with E-state index in [1.165, 1.54) is 0 Å². The number of rotatable bonds is 16. The second-order valence-corrected chi connectivity index (χ2v) is 11.4. The number of hydrogen-bond donors (Lipinski definition) is 2. The Morgan fingerprint density at radius 3 is 1.18 bits per heavy atom. The molecule has 0 amide bonds. The molecule has 0 unspecified atom stereocenters. The first-order valence-corrected chi connectivity index (χ1v) is 16.9. The van der Waals surface area contributed by atoms with E-state index in [-0.39, 0.29) is 0 Å². The first-order valence-electron chi connectivity index (χ1n) is 16.9. The summed E-state index contributed by atoms with van der Waals surface area (Å²) in [5.74, 6) is 0. The monoisotopic (exact) mass is 682 g/mol. The lowest BCUT2D eigenvalue weighted by Gasteiger charge is -2.21. The molecule has 11 heteroatoms. The number of hydrogen-bond acceptors (Lipinski definition) is 11. The Kier molecular flexibility index (Phi) is 17.8. The molecule has 3 N–H and O–H groups in total. The Bertz CT molecular complexity index is 1640. The molecule has 6 heterocycles. The van der Waals surface area contributed by atoms with E-state index < -0.39 is 0 Å². The Morgan fingerprint density at radius 2 is 0.863 bits per heavy atom. The molecule has 0 fully saturated rings. The molecular weight excluding hydrogens is 637 g/mol. The van der Waals surface area contributed by atoms with E-state index in [2.05, 4.69) is 57.2 Å². The van der Waals surface area contributed by atoms with Crippen LogP contribution in [-0.4, -0.2) is 72.2 Å². The molecule has 0 aliphatic rings. The fourth-order valence-electron chi connectivity index (χ4n) is 4.90. The Labute approximate surface area is 300 Å². The zero-order valence-corrected chi connectivity index (χ0v) is 28.9. The van der Waals surface area contributed by atoms with Gasteiger partial charge in [0.05, 0.1) is 28.5 Å². The predicted molar refractivity (Wildman–Crippen MR) is 200 cm³/mol. The average molecular weight is 683 g/mol. The van der Waals surface area contributed by atoms with Gasteiger partial charge in [0.15, 0.2) is 6.29 Å². The van der Waals surface area contributed by atoms with Crippen molar-refractivity contribution in [3.63, 3.8) is 0 Å². The SMILES string of the molecule is NCCN(Cc1ccccn1)Cc1ccccn1.O=Cc1ccccn1.c1ccc(CNCCN(Cc2ccccn2)Cc2ccccn2)nc1. The van der Waals surface area contributed by atoms with Crippen molar-refractivity contribution in [2.75, 3.05) is 26.2 Å². The molecule has 6 aromatic rings. The fraction of sp³-hybridized carbons (Fsp3) is 0.225. The predicted octanol–water partition coefficient (Wildman–Crippen LogP) is 5.00. The number of nitrogens with one attached hydrogen (secondary N) is 1. The van der Waals surface area contributed by atoms with E-state index in [1.807, 2.05) is 110 Å². The normalized spacial score (nSPS) is 10.5. The van der Waals surface area contributed by atoms with Crippen LogP contribution in [0.4, 0.5) is 0 Å². The molecule has 0 radical (unpaired) electrons. The highest BCUT2D eigenvalue weighted by Gasteiger charge is 2.09. The quantitative estimate of drug-likeness (QED) is 0.105. The van der Waals surface area contributed by atoms with Crippen LogP contribution in [0.25, 0.3) is 0 Å². The van der Waals surface area contributed by atoms with Crippen molar-refractivity contribution in [1.29, 1.82) is 0 Å². The van der Waals surface area contributed by atoms with Gasteiger partial charge in [-0.3, -0.25) is 44.5 Å². The van der Waals surface area contributed by atoms with Gasteiger partial charge in [0.25, 0.3) is 0 Å². The van der Waals surface area contributed by atoms with Crippen LogP contribution in [0, 0.1) is 0 Å². The summed E-state index contributed by atoms with van der Waals surface area (Å²) in [5.41, 5.74) is 11.5. The summed E-state index contributed by atoms with van der Waals surface area (Å²) in [6.45, 7) is 7.28. The number of nitrogens with two attached hydrogens (primary N) is 1. The second-order valence-electron chi connectivity index (χ2n) is 11.4. The highest BCUT2D eigenvalue weighted by molar-refractivity contribution is 5.71. The van der Waals surface area contributed by atoms with Crippen molar-refractivity contribution < 1.29 is 4.79 Å². The third-order valence-corrected chi connectivity index (χ3v) is 7.34. The van der Waals surface area contributed by atoms with E-state index in [0.29, 0.717) is 12.2 Å². The maximum Gasteiger partial charge on any atom is 0.168 e. The molecule has 6 aromatic heterocycles. The first-order chi connectivity index (χ1) is 25.2. The van der Waals surface area contributed by atoms with E-state index in [0.717, 1.165) is 87.1 Å². The van der Waals surface area contributed by atoms with Gasteiger partial charge in [-0.2, -0.15) is 0 Å². The molecule has 0 saturated heterocycles. The van der Waals surface area contributed by atoms with Gasteiger partial charge in [0, 0.05) is 96.1 Å². The smallest absolute Gasteiger partial charge is 0.168 e. The zero-order valence-electron chi connectivity index (χ0n) is 28.9.